The highest BCUT2D eigenvalue weighted by Gasteiger charge is 2.25. The maximum Gasteiger partial charge on any atom is 0.276 e. The minimum atomic E-state index is -0.725. The lowest BCUT2D eigenvalue weighted by Crippen LogP contribution is -2.27. The van der Waals surface area contributed by atoms with Crippen LogP contribution in [0.25, 0.3) is 11.1 Å². The Labute approximate surface area is 174 Å². The Morgan fingerprint density at radius 3 is 2.31 bits per heavy atom. The number of halogens is 4. The first-order valence-electron chi connectivity index (χ1n) is 8.92. The molecule has 5 nitrogen and oxygen atoms in total. The molecule has 1 aliphatic heterocycles. The van der Waals surface area contributed by atoms with E-state index >= 15 is 0 Å². The first kappa shape index (κ1) is 19.7. The normalized spacial score (nSPS) is 13.2. The molecule has 0 aliphatic carbocycles. The quantitative estimate of drug-likeness (QED) is 0.630. The summed E-state index contributed by atoms with van der Waals surface area (Å²) in [6, 6.07) is 7.24. The van der Waals surface area contributed by atoms with Crippen LogP contribution < -0.4 is 10.9 Å². The maximum atomic E-state index is 14.7. The molecule has 150 valence electrons. The first-order chi connectivity index (χ1) is 13.9. The van der Waals surface area contributed by atoms with Crippen LogP contribution in [0, 0.1) is 11.6 Å². The number of carbonyl (C=O) groups is 1. The number of nitrogens with one attached hydrogen (secondary N) is 1. The number of aromatic nitrogens is 2. The highest BCUT2D eigenvalue weighted by atomic mass is 35.5. The van der Waals surface area contributed by atoms with Gasteiger partial charge in [-0.15, -0.1) is 0 Å². The molecule has 0 fully saturated rings. The molecule has 0 bridgehead atoms. The fourth-order valence-electron chi connectivity index (χ4n) is 3.38. The molecule has 4 rings (SSSR count). The van der Waals surface area contributed by atoms with Crippen molar-refractivity contribution in [3.05, 3.63) is 74.1 Å². The monoisotopic (exact) mass is 437 g/mol. The average Bonchev–Trinajstić information content (AvgIpc) is 2.95. The predicted octanol–water partition coefficient (Wildman–Crippen LogP) is 4.95. The molecule has 1 N–H and O–H groups in total. The number of anilines is 1. The predicted molar refractivity (Wildman–Crippen MR) is 108 cm³/mol. The standard InChI is InChI=1S/C20H15Cl2F2N3O2/c21-14-10-15(24)13(17-18(22)26-7-1-2-8-27(26)20(17)29)9-16(14)25-19(28)11-3-5-12(23)6-4-11/h3-6,9-10H,1-2,7-8H2,(H,25,28). The number of amides is 1. The van der Waals surface area contributed by atoms with Gasteiger partial charge in [0.15, 0.2) is 0 Å². The van der Waals surface area contributed by atoms with E-state index in [0.29, 0.717) is 13.1 Å². The van der Waals surface area contributed by atoms with Gasteiger partial charge in [-0.3, -0.25) is 14.3 Å². The van der Waals surface area contributed by atoms with Crippen LogP contribution in [-0.2, 0) is 13.1 Å². The summed E-state index contributed by atoms with van der Waals surface area (Å²) < 4.78 is 30.9. The number of hydrogen-bond acceptors (Lipinski definition) is 2. The van der Waals surface area contributed by atoms with E-state index < -0.39 is 23.1 Å². The van der Waals surface area contributed by atoms with Crippen LogP contribution in [0.15, 0.2) is 41.2 Å². The fourth-order valence-corrected chi connectivity index (χ4v) is 3.94. The average molecular weight is 438 g/mol. The van der Waals surface area contributed by atoms with Gasteiger partial charge >= 0.3 is 0 Å². The van der Waals surface area contributed by atoms with Gasteiger partial charge in [0.25, 0.3) is 11.5 Å². The second kappa shape index (κ2) is 7.65. The summed E-state index contributed by atoms with van der Waals surface area (Å²) in [5, 5.41) is 2.67. The molecule has 1 aromatic heterocycles. The van der Waals surface area contributed by atoms with E-state index in [1.807, 2.05) is 0 Å². The Morgan fingerprint density at radius 1 is 1.00 bits per heavy atom. The van der Waals surface area contributed by atoms with Gasteiger partial charge in [-0.25, -0.2) is 13.5 Å². The lowest BCUT2D eigenvalue weighted by atomic mass is 10.1. The number of nitrogens with zero attached hydrogens (tertiary/aromatic N) is 2. The van der Waals surface area contributed by atoms with Gasteiger partial charge in [0.05, 0.1) is 16.3 Å². The molecule has 0 saturated carbocycles. The topological polar surface area (TPSA) is 56.0 Å². The van der Waals surface area contributed by atoms with E-state index in [2.05, 4.69) is 5.32 Å². The van der Waals surface area contributed by atoms with Crippen LogP contribution in [0.3, 0.4) is 0 Å². The van der Waals surface area contributed by atoms with E-state index in [-0.39, 0.29) is 32.6 Å². The van der Waals surface area contributed by atoms with Crippen LogP contribution in [0.2, 0.25) is 10.2 Å². The fraction of sp³-hybridized carbons (Fsp3) is 0.200. The van der Waals surface area contributed by atoms with Crippen molar-refractivity contribution in [1.82, 2.24) is 9.36 Å². The SMILES string of the molecule is O=C(Nc1cc(-c2c(Cl)n3n(c2=O)CCCC3)c(F)cc1Cl)c1ccc(F)cc1. The summed E-state index contributed by atoms with van der Waals surface area (Å²) in [6.07, 6.45) is 1.71. The molecule has 2 aromatic carbocycles. The lowest BCUT2D eigenvalue weighted by Gasteiger charge is -2.17. The number of carbonyl (C=O) groups excluding carboxylic acids is 1. The number of fused-ring (bicyclic) bond motifs is 1. The van der Waals surface area contributed by atoms with Crippen molar-refractivity contribution in [2.75, 3.05) is 5.32 Å². The Balaban J connectivity index is 1.76. The second-order valence-electron chi connectivity index (χ2n) is 6.70. The van der Waals surface area contributed by atoms with Crippen molar-refractivity contribution in [2.24, 2.45) is 0 Å². The molecule has 3 aromatic rings. The van der Waals surface area contributed by atoms with Crippen LogP contribution in [-0.4, -0.2) is 15.3 Å². The molecule has 29 heavy (non-hydrogen) atoms. The van der Waals surface area contributed by atoms with Crippen molar-refractivity contribution < 1.29 is 13.6 Å². The zero-order valence-electron chi connectivity index (χ0n) is 15.0. The van der Waals surface area contributed by atoms with Gasteiger partial charge in [-0.2, -0.15) is 0 Å². The molecular formula is C20H15Cl2F2N3O2. The summed E-state index contributed by atoms with van der Waals surface area (Å²) in [7, 11) is 0. The molecule has 0 radical (unpaired) electrons. The molecule has 0 spiro atoms. The molecule has 1 aliphatic rings. The Hall–Kier alpha value is -2.64. The van der Waals surface area contributed by atoms with E-state index in [9.17, 15) is 18.4 Å². The van der Waals surface area contributed by atoms with Crippen LogP contribution in [0.4, 0.5) is 14.5 Å². The molecule has 1 amide bonds. The molecule has 0 unspecified atom stereocenters. The van der Waals surface area contributed by atoms with Gasteiger partial charge in [0.2, 0.25) is 0 Å². The van der Waals surface area contributed by atoms with Gasteiger partial charge in [0.1, 0.15) is 16.8 Å². The highest BCUT2D eigenvalue weighted by molar-refractivity contribution is 6.34. The van der Waals surface area contributed by atoms with Crippen LogP contribution in [0.5, 0.6) is 0 Å². The summed E-state index contributed by atoms with van der Waals surface area (Å²) in [5.74, 6) is -1.75. The van der Waals surface area contributed by atoms with Crippen molar-refractivity contribution in [2.45, 2.75) is 25.9 Å². The lowest BCUT2D eigenvalue weighted by molar-refractivity contribution is 0.102. The summed E-state index contributed by atoms with van der Waals surface area (Å²) in [4.78, 5) is 25.2. The number of hydrogen-bond donors (Lipinski definition) is 1. The van der Waals surface area contributed by atoms with Gasteiger partial charge < -0.3 is 5.32 Å². The van der Waals surface area contributed by atoms with Crippen molar-refractivity contribution >= 4 is 34.8 Å². The zero-order valence-corrected chi connectivity index (χ0v) is 16.5. The molecule has 2 heterocycles. The number of benzene rings is 2. The first-order valence-corrected chi connectivity index (χ1v) is 9.68. The Morgan fingerprint density at radius 2 is 1.66 bits per heavy atom. The molecule has 9 heteroatoms. The van der Waals surface area contributed by atoms with E-state index in [4.69, 9.17) is 23.2 Å². The smallest absolute Gasteiger partial charge is 0.276 e. The number of rotatable bonds is 3. The van der Waals surface area contributed by atoms with Gasteiger partial charge in [-0.1, -0.05) is 23.2 Å². The third-order valence-corrected chi connectivity index (χ3v) is 5.54. The second-order valence-corrected chi connectivity index (χ2v) is 7.46. The van der Waals surface area contributed by atoms with Crippen molar-refractivity contribution in [1.29, 1.82) is 0 Å². The van der Waals surface area contributed by atoms with E-state index in [0.717, 1.165) is 31.0 Å². The summed E-state index contributed by atoms with van der Waals surface area (Å²) >= 11 is 12.5. The van der Waals surface area contributed by atoms with Crippen LogP contribution in [0.1, 0.15) is 23.2 Å². The molecule has 0 saturated heterocycles. The zero-order chi connectivity index (χ0) is 20.7. The highest BCUT2D eigenvalue weighted by Crippen LogP contribution is 2.34. The molecular weight excluding hydrogens is 423 g/mol. The Kier molecular flexibility index (Phi) is 5.19. The summed E-state index contributed by atoms with van der Waals surface area (Å²) in [5.41, 5.74) is -0.104. The van der Waals surface area contributed by atoms with E-state index in [1.165, 1.54) is 22.9 Å². The van der Waals surface area contributed by atoms with Crippen molar-refractivity contribution in [3.63, 3.8) is 0 Å². The van der Waals surface area contributed by atoms with Gasteiger partial charge in [-0.05, 0) is 49.2 Å². The maximum absolute atomic E-state index is 14.7. The largest absolute Gasteiger partial charge is 0.321 e. The van der Waals surface area contributed by atoms with Gasteiger partial charge in [0, 0.05) is 24.2 Å². The van der Waals surface area contributed by atoms with E-state index in [1.54, 1.807) is 4.68 Å². The third kappa shape index (κ3) is 3.56. The minimum Gasteiger partial charge on any atom is -0.321 e. The third-order valence-electron chi connectivity index (χ3n) is 4.84. The van der Waals surface area contributed by atoms with Crippen molar-refractivity contribution in [3.8, 4) is 11.1 Å². The van der Waals surface area contributed by atoms with Crippen LogP contribution >= 0.6 is 23.2 Å². The summed E-state index contributed by atoms with van der Waals surface area (Å²) in [6.45, 7) is 1.07. The molecule has 0 atom stereocenters. The minimum absolute atomic E-state index is 0.0278. The Bertz CT molecular complexity index is 1170.